The molecule has 1 aliphatic rings. The number of esters is 1. The lowest BCUT2D eigenvalue weighted by Crippen LogP contribution is -2.45. The van der Waals surface area contributed by atoms with Crippen molar-refractivity contribution in [2.24, 2.45) is 20.0 Å². The van der Waals surface area contributed by atoms with Crippen molar-refractivity contribution < 1.29 is 52.6 Å². The van der Waals surface area contributed by atoms with Gasteiger partial charge in [0.2, 0.25) is 17.7 Å². The second-order valence-electron chi connectivity index (χ2n) is 14.1. The third-order valence-electron chi connectivity index (χ3n) is 9.02. The highest BCUT2D eigenvalue weighted by Crippen LogP contribution is 2.23. The number of imide groups is 1. The maximum absolute atomic E-state index is 12.8. The predicted octanol–water partition coefficient (Wildman–Crippen LogP) is 2.20. The van der Waals surface area contributed by atoms with Crippen LogP contribution in [0.3, 0.4) is 0 Å². The molecule has 1 fully saturated rings. The summed E-state index contributed by atoms with van der Waals surface area (Å²) in [4.78, 5) is 99.8. The quantitative estimate of drug-likeness (QED) is 0.0709. The number of aromatic nitrogens is 2. The topological polar surface area (TPSA) is 213 Å². The van der Waals surface area contributed by atoms with Crippen LogP contribution in [-0.2, 0) is 63.5 Å². The molecule has 2 aromatic heterocycles. The first-order chi connectivity index (χ1) is 27.1. The third kappa shape index (κ3) is 15.2. The molecule has 1 aliphatic heterocycles. The highest BCUT2D eigenvalue weighted by Gasteiger charge is 2.37. The summed E-state index contributed by atoms with van der Waals surface area (Å²) >= 11 is 1.34. The van der Waals surface area contributed by atoms with Crippen LogP contribution in [0.5, 0.6) is 0 Å². The number of Topliss-reactive ketones (excluding diaryl/α,β-unsaturated/α-hetero) is 2. The SMILES string of the molecule is CSC1CC(=O)N(CCC(=O)CCCOCCOCCC(=O)N[C@H](C(=O)OCCCNC(=O)c2cc(NC(=O)c3cc(CC(C)=O)cn3C)cn2C)C(C)C)C1=O. The van der Waals surface area contributed by atoms with Gasteiger partial charge in [-0.3, -0.25) is 38.5 Å². The fraction of sp³-hybridized carbons (Fsp3) is 0.590. The second kappa shape index (κ2) is 23.4. The van der Waals surface area contributed by atoms with Crippen LogP contribution in [0.25, 0.3) is 0 Å². The minimum absolute atomic E-state index is 0.00920. The van der Waals surface area contributed by atoms with Crippen LogP contribution in [-0.4, -0.2) is 125 Å². The number of anilines is 1. The Bertz CT molecular complexity index is 1750. The van der Waals surface area contributed by atoms with Crippen LogP contribution < -0.4 is 16.0 Å². The molecule has 2 atom stereocenters. The van der Waals surface area contributed by atoms with E-state index in [0.717, 1.165) is 5.56 Å². The van der Waals surface area contributed by atoms with E-state index in [2.05, 4.69) is 16.0 Å². The molecule has 2 aromatic rings. The fourth-order valence-electron chi connectivity index (χ4n) is 5.96. The van der Waals surface area contributed by atoms with Crippen LogP contribution in [0, 0.1) is 5.92 Å². The van der Waals surface area contributed by atoms with Crippen molar-refractivity contribution >= 4 is 64.5 Å². The molecule has 1 saturated heterocycles. The lowest BCUT2D eigenvalue weighted by molar-refractivity contribution is -0.149. The maximum atomic E-state index is 12.8. The Morgan fingerprint density at radius 3 is 2.21 bits per heavy atom. The van der Waals surface area contributed by atoms with Crippen LogP contribution in [0.15, 0.2) is 24.5 Å². The molecule has 18 heteroatoms. The fourth-order valence-corrected chi connectivity index (χ4v) is 6.60. The number of carbonyl (C=O) groups excluding carboxylic acids is 8. The number of ketones is 2. The predicted molar refractivity (Wildman–Crippen MR) is 212 cm³/mol. The van der Waals surface area contributed by atoms with Crippen molar-refractivity contribution in [3.63, 3.8) is 0 Å². The first-order valence-corrected chi connectivity index (χ1v) is 20.3. The van der Waals surface area contributed by atoms with E-state index in [4.69, 9.17) is 14.2 Å². The van der Waals surface area contributed by atoms with E-state index < -0.39 is 12.0 Å². The number of carbonyl (C=O) groups is 8. The number of nitrogens with zero attached hydrogens (tertiary/aromatic N) is 3. The Morgan fingerprint density at radius 1 is 0.860 bits per heavy atom. The third-order valence-corrected chi connectivity index (χ3v) is 9.96. The van der Waals surface area contributed by atoms with Crippen LogP contribution >= 0.6 is 11.8 Å². The molecule has 0 aromatic carbocycles. The number of amides is 5. The van der Waals surface area contributed by atoms with Gasteiger partial charge in [0.15, 0.2) is 0 Å². The summed E-state index contributed by atoms with van der Waals surface area (Å²) in [5.41, 5.74) is 1.84. The molecule has 1 unspecified atom stereocenters. The van der Waals surface area contributed by atoms with Gasteiger partial charge in [-0.1, -0.05) is 13.8 Å². The minimum atomic E-state index is -0.866. The van der Waals surface area contributed by atoms with Crippen molar-refractivity contribution in [1.82, 2.24) is 24.7 Å². The highest BCUT2D eigenvalue weighted by molar-refractivity contribution is 8.00. The first kappa shape index (κ1) is 46.6. The van der Waals surface area contributed by atoms with Crippen molar-refractivity contribution in [2.45, 2.75) is 77.0 Å². The summed E-state index contributed by atoms with van der Waals surface area (Å²) < 4.78 is 19.6. The van der Waals surface area contributed by atoms with E-state index in [1.165, 1.54) is 23.6 Å². The van der Waals surface area contributed by atoms with Gasteiger partial charge in [0.1, 0.15) is 29.0 Å². The number of hydrogen-bond donors (Lipinski definition) is 3. The van der Waals surface area contributed by atoms with Gasteiger partial charge in [0, 0.05) is 78.3 Å². The first-order valence-electron chi connectivity index (χ1n) is 19.0. The molecule has 3 rings (SSSR count). The van der Waals surface area contributed by atoms with Crippen LogP contribution in [0.4, 0.5) is 5.69 Å². The largest absolute Gasteiger partial charge is 0.464 e. The standard InChI is InChI=1S/C39H56N6O11S/c1-25(2)35(42-33(48)11-16-55-18-17-54-14-7-9-29(47)10-13-45-34(49)22-32(57-6)38(45)52)39(53)56-15-8-12-40-36(50)31-21-28(24-44(31)5)41-37(51)30-20-27(19-26(3)46)23-43(30)4/h20-21,23-25,32,35H,7-19,22H2,1-6H3,(H,40,50)(H,41,51)(H,42,48)/t32?,35-/m0/s1. The Hall–Kier alpha value is -4.81. The Kier molecular flexibility index (Phi) is 19.1. The molecule has 3 N–H and O–H groups in total. The van der Waals surface area contributed by atoms with Gasteiger partial charge in [-0.25, -0.2) is 4.79 Å². The number of aryl methyl sites for hydroxylation is 2. The lowest BCUT2D eigenvalue weighted by Gasteiger charge is -2.21. The van der Waals surface area contributed by atoms with Gasteiger partial charge < -0.3 is 39.3 Å². The second-order valence-corrected chi connectivity index (χ2v) is 15.2. The van der Waals surface area contributed by atoms with Gasteiger partial charge >= 0.3 is 5.97 Å². The summed E-state index contributed by atoms with van der Waals surface area (Å²) in [6, 6.07) is 2.34. The zero-order valence-corrected chi connectivity index (χ0v) is 34.5. The average Bonchev–Trinajstić information content (AvgIpc) is 3.79. The van der Waals surface area contributed by atoms with E-state index in [-0.39, 0.29) is 124 Å². The number of rotatable bonds is 26. The molecule has 0 radical (unpaired) electrons. The summed E-state index contributed by atoms with van der Waals surface area (Å²) in [6.45, 7) is 6.36. The number of ether oxygens (including phenoxy) is 3. The van der Waals surface area contributed by atoms with E-state index in [0.29, 0.717) is 36.5 Å². The maximum Gasteiger partial charge on any atom is 0.328 e. The summed E-state index contributed by atoms with van der Waals surface area (Å²) in [5.74, 6) is -2.48. The zero-order chi connectivity index (χ0) is 42.1. The molecule has 314 valence electrons. The minimum Gasteiger partial charge on any atom is -0.464 e. The molecule has 0 spiro atoms. The van der Waals surface area contributed by atoms with E-state index in [1.54, 1.807) is 67.9 Å². The van der Waals surface area contributed by atoms with Crippen LogP contribution in [0.1, 0.15) is 85.8 Å². The van der Waals surface area contributed by atoms with Gasteiger partial charge in [-0.05, 0) is 49.6 Å². The van der Waals surface area contributed by atoms with E-state index >= 15 is 0 Å². The molecule has 0 aliphatic carbocycles. The number of thioether (sulfide) groups is 1. The molecular formula is C39H56N6O11S. The molecular weight excluding hydrogens is 761 g/mol. The summed E-state index contributed by atoms with van der Waals surface area (Å²) in [6.07, 6.45) is 6.79. The lowest BCUT2D eigenvalue weighted by atomic mass is 10.0. The normalized spacial score (nSPS) is 14.5. The smallest absolute Gasteiger partial charge is 0.328 e. The van der Waals surface area contributed by atoms with Crippen molar-refractivity contribution in [2.75, 3.05) is 57.7 Å². The van der Waals surface area contributed by atoms with Gasteiger partial charge in [-0.15, -0.1) is 0 Å². The van der Waals surface area contributed by atoms with Gasteiger partial charge in [0.25, 0.3) is 11.8 Å². The van der Waals surface area contributed by atoms with Crippen molar-refractivity contribution in [3.05, 3.63) is 41.5 Å². The molecule has 57 heavy (non-hydrogen) atoms. The number of nitrogens with one attached hydrogen (secondary N) is 3. The molecule has 0 bridgehead atoms. The van der Waals surface area contributed by atoms with Crippen molar-refractivity contribution in [1.29, 1.82) is 0 Å². The molecule has 17 nitrogen and oxygen atoms in total. The number of hydrogen-bond acceptors (Lipinski definition) is 12. The van der Waals surface area contributed by atoms with Gasteiger partial charge in [0.05, 0.1) is 37.4 Å². The average molecular weight is 817 g/mol. The van der Waals surface area contributed by atoms with Crippen molar-refractivity contribution in [3.8, 4) is 0 Å². The monoisotopic (exact) mass is 816 g/mol. The van der Waals surface area contributed by atoms with E-state index in [9.17, 15) is 38.4 Å². The zero-order valence-electron chi connectivity index (χ0n) is 33.7. The molecule has 5 amide bonds. The Morgan fingerprint density at radius 2 is 1.54 bits per heavy atom. The van der Waals surface area contributed by atoms with Crippen LogP contribution in [0.2, 0.25) is 0 Å². The Balaban J connectivity index is 1.24. The van der Waals surface area contributed by atoms with Gasteiger partial charge in [-0.2, -0.15) is 11.8 Å². The highest BCUT2D eigenvalue weighted by atomic mass is 32.2. The summed E-state index contributed by atoms with van der Waals surface area (Å²) in [7, 11) is 3.39. The Labute approximate surface area is 337 Å². The molecule has 0 saturated carbocycles. The number of likely N-dealkylation sites (tertiary alicyclic amines) is 1. The van der Waals surface area contributed by atoms with E-state index in [1.807, 2.05) is 0 Å². The summed E-state index contributed by atoms with van der Waals surface area (Å²) in [5, 5.41) is 7.88. The molecule has 3 heterocycles.